The summed E-state index contributed by atoms with van der Waals surface area (Å²) < 4.78 is 4.88. The summed E-state index contributed by atoms with van der Waals surface area (Å²) in [7, 11) is 1.38. The predicted molar refractivity (Wildman–Crippen MR) is 55.4 cm³/mol. The molecule has 0 radical (unpaired) electrons. The Labute approximate surface area is 88.1 Å². The van der Waals surface area contributed by atoms with E-state index >= 15 is 0 Å². The van der Waals surface area contributed by atoms with E-state index in [4.69, 9.17) is 4.74 Å². The monoisotopic (exact) mass is 210 g/mol. The van der Waals surface area contributed by atoms with Gasteiger partial charge in [-0.3, -0.25) is 0 Å². The molecule has 4 heteroatoms. The highest BCUT2D eigenvalue weighted by Crippen LogP contribution is 2.39. The highest BCUT2D eigenvalue weighted by molar-refractivity contribution is 5.69. The van der Waals surface area contributed by atoms with E-state index in [1.54, 1.807) is 13.8 Å². The lowest BCUT2D eigenvalue weighted by atomic mass is 9.86. The van der Waals surface area contributed by atoms with Crippen molar-refractivity contribution in [2.45, 2.75) is 19.3 Å². The number of aromatic hydroxyl groups is 2. The van der Waals surface area contributed by atoms with E-state index in [1.165, 1.54) is 19.2 Å². The lowest BCUT2D eigenvalue weighted by Gasteiger charge is -2.19. The fourth-order valence-electron chi connectivity index (χ4n) is 1.19. The molecule has 0 spiro atoms. The van der Waals surface area contributed by atoms with Crippen molar-refractivity contribution in [3.63, 3.8) is 0 Å². The van der Waals surface area contributed by atoms with Crippen LogP contribution in [-0.2, 0) is 10.2 Å². The summed E-state index contributed by atoms with van der Waals surface area (Å²) in [6.07, 6.45) is 0.776. The molecule has 0 aliphatic heterocycles. The predicted octanol–water partition coefficient (Wildman–Crippen LogP) is 1.58. The van der Waals surface area contributed by atoms with Crippen LogP contribution in [0, 0.1) is 0 Å². The van der Waals surface area contributed by atoms with Gasteiger partial charge in [0.25, 0.3) is 0 Å². The van der Waals surface area contributed by atoms with E-state index in [9.17, 15) is 15.0 Å². The van der Waals surface area contributed by atoms with Crippen molar-refractivity contribution in [3.05, 3.63) is 17.7 Å². The van der Waals surface area contributed by atoms with Crippen molar-refractivity contribution in [2.75, 3.05) is 7.11 Å². The zero-order chi connectivity index (χ0) is 11.6. The number of carbonyl (C=O) groups excluding carboxylic acids is 1. The first-order chi connectivity index (χ1) is 6.92. The molecule has 1 aromatic carbocycles. The Balaban J connectivity index is 3.34. The maximum Gasteiger partial charge on any atom is 0.200 e. The Morgan fingerprint density at radius 1 is 1.33 bits per heavy atom. The highest BCUT2D eigenvalue weighted by atomic mass is 16.5. The van der Waals surface area contributed by atoms with Gasteiger partial charge in [0.15, 0.2) is 11.5 Å². The Morgan fingerprint density at radius 2 is 1.93 bits per heavy atom. The third-order valence-corrected chi connectivity index (χ3v) is 2.31. The number of aldehydes is 1. The van der Waals surface area contributed by atoms with Crippen molar-refractivity contribution in [1.29, 1.82) is 0 Å². The molecular weight excluding hydrogens is 196 g/mol. The highest BCUT2D eigenvalue weighted by Gasteiger charge is 2.23. The van der Waals surface area contributed by atoms with Crippen LogP contribution in [0.15, 0.2) is 12.1 Å². The Bertz CT molecular complexity index is 382. The third-order valence-electron chi connectivity index (χ3n) is 2.31. The molecule has 1 rings (SSSR count). The maximum atomic E-state index is 10.8. The zero-order valence-corrected chi connectivity index (χ0v) is 8.94. The normalized spacial score (nSPS) is 11.1. The molecule has 0 bridgehead atoms. The van der Waals surface area contributed by atoms with Crippen LogP contribution in [0.4, 0.5) is 0 Å². The molecule has 0 saturated carbocycles. The minimum absolute atomic E-state index is 0.153. The summed E-state index contributed by atoms with van der Waals surface area (Å²) in [5.41, 5.74) is -0.136. The van der Waals surface area contributed by atoms with Crippen molar-refractivity contribution < 1.29 is 19.7 Å². The molecule has 82 valence electrons. The summed E-state index contributed by atoms with van der Waals surface area (Å²) in [5.74, 6) is -0.456. The summed E-state index contributed by atoms with van der Waals surface area (Å²) in [5, 5.41) is 18.8. The van der Waals surface area contributed by atoms with E-state index in [0.29, 0.717) is 5.56 Å². The van der Waals surface area contributed by atoms with Crippen molar-refractivity contribution in [3.8, 4) is 17.2 Å². The van der Waals surface area contributed by atoms with E-state index in [1.807, 2.05) is 0 Å². The van der Waals surface area contributed by atoms with Crippen molar-refractivity contribution >= 4 is 6.29 Å². The molecule has 0 aromatic heterocycles. The first-order valence-electron chi connectivity index (χ1n) is 4.49. The summed E-state index contributed by atoms with van der Waals surface area (Å²) in [6.45, 7) is 3.43. The van der Waals surface area contributed by atoms with Gasteiger partial charge in [-0.2, -0.15) is 0 Å². The fraction of sp³-hybridized carbons (Fsp3) is 0.364. The van der Waals surface area contributed by atoms with Gasteiger partial charge in [-0.25, -0.2) is 0 Å². The van der Waals surface area contributed by atoms with Gasteiger partial charge in [-0.05, 0) is 31.5 Å². The van der Waals surface area contributed by atoms with Crippen LogP contribution in [0.2, 0.25) is 0 Å². The van der Waals surface area contributed by atoms with Crippen LogP contribution >= 0.6 is 0 Å². The number of methoxy groups -OCH3 is 1. The smallest absolute Gasteiger partial charge is 0.200 e. The fourth-order valence-corrected chi connectivity index (χ4v) is 1.19. The summed E-state index contributed by atoms with van der Waals surface area (Å²) >= 11 is 0. The van der Waals surface area contributed by atoms with Crippen LogP contribution in [0.3, 0.4) is 0 Å². The van der Waals surface area contributed by atoms with E-state index in [2.05, 4.69) is 0 Å². The van der Waals surface area contributed by atoms with Gasteiger partial charge >= 0.3 is 0 Å². The molecule has 4 nitrogen and oxygen atoms in total. The number of benzene rings is 1. The summed E-state index contributed by atoms with van der Waals surface area (Å²) in [4.78, 5) is 10.8. The number of phenolic OH excluding ortho intramolecular Hbond substituents is 2. The molecule has 0 amide bonds. The quantitative estimate of drug-likeness (QED) is 0.587. The molecule has 0 heterocycles. The van der Waals surface area contributed by atoms with Crippen LogP contribution in [-0.4, -0.2) is 23.6 Å². The van der Waals surface area contributed by atoms with Crippen LogP contribution in [0.5, 0.6) is 17.2 Å². The molecule has 0 atom stereocenters. The van der Waals surface area contributed by atoms with Crippen LogP contribution in [0.25, 0.3) is 0 Å². The topological polar surface area (TPSA) is 66.8 Å². The number of rotatable bonds is 3. The molecule has 0 fully saturated rings. The number of carbonyl (C=O) groups is 1. The van der Waals surface area contributed by atoms with E-state index in [0.717, 1.165) is 6.29 Å². The van der Waals surface area contributed by atoms with Gasteiger partial charge in [0.2, 0.25) is 5.75 Å². The molecular formula is C11H14O4. The summed E-state index contributed by atoms with van der Waals surface area (Å²) in [6, 6.07) is 2.88. The minimum Gasteiger partial charge on any atom is -0.504 e. The van der Waals surface area contributed by atoms with Gasteiger partial charge in [0.1, 0.15) is 6.29 Å². The number of hydrogen-bond donors (Lipinski definition) is 2. The second-order valence-corrected chi connectivity index (χ2v) is 3.89. The third kappa shape index (κ3) is 2.03. The van der Waals surface area contributed by atoms with Crippen molar-refractivity contribution in [2.24, 2.45) is 0 Å². The molecule has 0 aliphatic rings. The molecule has 15 heavy (non-hydrogen) atoms. The average molecular weight is 210 g/mol. The standard InChI is InChI=1S/C11H14O4/c1-11(2,6-12)7-4-8(13)10(14)9(5-7)15-3/h4-6,13-14H,1-3H3. The van der Waals surface area contributed by atoms with Gasteiger partial charge < -0.3 is 19.7 Å². The molecule has 2 N–H and O–H groups in total. The van der Waals surface area contributed by atoms with Gasteiger partial charge in [-0.15, -0.1) is 0 Å². The lowest BCUT2D eigenvalue weighted by molar-refractivity contribution is -0.111. The minimum atomic E-state index is -0.724. The van der Waals surface area contributed by atoms with Crippen LogP contribution < -0.4 is 4.74 Å². The largest absolute Gasteiger partial charge is 0.504 e. The maximum absolute atomic E-state index is 10.8. The first-order valence-corrected chi connectivity index (χ1v) is 4.49. The Kier molecular flexibility index (Phi) is 2.88. The number of phenols is 2. The van der Waals surface area contributed by atoms with Crippen LogP contribution in [0.1, 0.15) is 19.4 Å². The zero-order valence-electron chi connectivity index (χ0n) is 8.94. The van der Waals surface area contributed by atoms with Crippen molar-refractivity contribution in [1.82, 2.24) is 0 Å². The average Bonchev–Trinajstić information content (AvgIpc) is 2.21. The second-order valence-electron chi connectivity index (χ2n) is 3.89. The molecule has 0 unspecified atom stereocenters. The molecule has 0 saturated heterocycles. The van der Waals surface area contributed by atoms with Gasteiger partial charge in [0.05, 0.1) is 7.11 Å². The Morgan fingerprint density at radius 3 is 2.40 bits per heavy atom. The Hall–Kier alpha value is -1.71. The number of ether oxygens (including phenoxy) is 1. The van der Waals surface area contributed by atoms with Gasteiger partial charge in [0, 0.05) is 5.41 Å². The molecule has 1 aromatic rings. The SMILES string of the molecule is COc1cc(C(C)(C)C=O)cc(O)c1O. The first kappa shape index (κ1) is 11.4. The molecule has 0 aliphatic carbocycles. The lowest BCUT2D eigenvalue weighted by Crippen LogP contribution is -2.18. The van der Waals surface area contributed by atoms with E-state index in [-0.39, 0.29) is 17.2 Å². The number of hydrogen-bond acceptors (Lipinski definition) is 4. The second kappa shape index (κ2) is 3.81. The van der Waals surface area contributed by atoms with E-state index < -0.39 is 5.41 Å². The van der Waals surface area contributed by atoms with Gasteiger partial charge in [-0.1, -0.05) is 0 Å².